The fourth-order valence-electron chi connectivity index (χ4n) is 0.651. The van der Waals surface area contributed by atoms with Crippen molar-refractivity contribution in [3.63, 3.8) is 0 Å². The molecule has 0 aliphatic rings. The van der Waals surface area contributed by atoms with Crippen LogP contribution in [0.15, 0.2) is 0 Å². The van der Waals surface area contributed by atoms with Gasteiger partial charge in [0.15, 0.2) is 0 Å². The minimum Gasteiger partial charge on any atom is -0.379 e. The second-order valence-electron chi connectivity index (χ2n) is 2.13. The molecule has 0 aromatic rings. The van der Waals surface area contributed by atoms with Crippen molar-refractivity contribution in [3.8, 4) is 0 Å². The monoisotopic (exact) mass is 147 g/mol. The summed E-state index contributed by atoms with van der Waals surface area (Å²) in [5, 5.41) is 0. The summed E-state index contributed by atoms with van der Waals surface area (Å²) < 4.78 is 10.3. The van der Waals surface area contributed by atoms with Crippen LogP contribution in [0.5, 0.6) is 0 Å². The van der Waals surface area contributed by atoms with E-state index in [-0.39, 0.29) is 6.10 Å². The highest BCUT2D eigenvalue weighted by Gasteiger charge is 2.01. The molecule has 10 heavy (non-hydrogen) atoms. The van der Waals surface area contributed by atoms with Crippen LogP contribution in [0.3, 0.4) is 0 Å². The molecule has 3 nitrogen and oxygen atoms in total. The molecule has 0 aliphatic carbocycles. The fraction of sp³-hybridized carbons (Fsp3) is 1.00. The maximum absolute atomic E-state index is 5.23. The van der Waals surface area contributed by atoms with Gasteiger partial charge in [-0.05, 0) is 6.42 Å². The van der Waals surface area contributed by atoms with E-state index in [9.17, 15) is 0 Å². The maximum atomic E-state index is 5.23. The lowest BCUT2D eigenvalue weighted by Crippen LogP contribution is -2.19. The molecular formula is C7H17NO2. The van der Waals surface area contributed by atoms with Gasteiger partial charge in [0.05, 0.1) is 19.3 Å². The Balaban J connectivity index is 3.09. The lowest BCUT2D eigenvalue weighted by molar-refractivity contribution is 0.00938. The van der Waals surface area contributed by atoms with Crippen molar-refractivity contribution < 1.29 is 9.47 Å². The van der Waals surface area contributed by atoms with Crippen LogP contribution < -0.4 is 5.73 Å². The summed E-state index contributed by atoms with van der Waals surface area (Å²) >= 11 is 0. The lowest BCUT2D eigenvalue weighted by atomic mass is 10.3. The molecule has 1 atom stereocenters. The Morgan fingerprint density at radius 2 is 2.20 bits per heavy atom. The van der Waals surface area contributed by atoms with Gasteiger partial charge in [-0.2, -0.15) is 0 Å². The third kappa shape index (κ3) is 4.73. The van der Waals surface area contributed by atoms with E-state index < -0.39 is 0 Å². The van der Waals surface area contributed by atoms with Gasteiger partial charge in [-0.3, -0.25) is 0 Å². The van der Waals surface area contributed by atoms with Gasteiger partial charge >= 0.3 is 0 Å². The van der Waals surface area contributed by atoms with Gasteiger partial charge in [0.2, 0.25) is 0 Å². The van der Waals surface area contributed by atoms with E-state index >= 15 is 0 Å². The summed E-state index contributed by atoms with van der Waals surface area (Å²) in [5.41, 5.74) is 5.23. The van der Waals surface area contributed by atoms with E-state index in [1.54, 1.807) is 7.11 Å². The zero-order chi connectivity index (χ0) is 7.82. The molecule has 0 heterocycles. The van der Waals surface area contributed by atoms with Gasteiger partial charge in [0.25, 0.3) is 0 Å². The van der Waals surface area contributed by atoms with Crippen molar-refractivity contribution in [2.45, 2.75) is 19.4 Å². The van der Waals surface area contributed by atoms with Crippen LogP contribution in [-0.4, -0.2) is 33.0 Å². The summed E-state index contributed by atoms with van der Waals surface area (Å²) in [7, 11) is 1.69. The van der Waals surface area contributed by atoms with Crippen molar-refractivity contribution in [1.82, 2.24) is 0 Å². The fourth-order valence-corrected chi connectivity index (χ4v) is 0.651. The highest BCUT2D eigenvalue weighted by Crippen LogP contribution is 1.95. The quantitative estimate of drug-likeness (QED) is 0.553. The van der Waals surface area contributed by atoms with Crippen molar-refractivity contribution in [2.24, 2.45) is 5.73 Å². The highest BCUT2D eigenvalue weighted by molar-refractivity contribution is 4.51. The Labute approximate surface area is 62.5 Å². The Morgan fingerprint density at radius 3 is 2.60 bits per heavy atom. The second-order valence-corrected chi connectivity index (χ2v) is 2.13. The molecule has 0 rings (SSSR count). The first-order chi connectivity index (χ1) is 4.85. The molecule has 0 aromatic heterocycles. The summed E-state index contributed by atoms with van der Waals surface area (Å²) in [4.78, 5) is 0. The Morgan fingerprint density at radius 1 is 1.50 bits per heavy atom. The number of rotatable bonds is 6. The Kier molecular flexibility index (Phi) is 6.91. The first-order valence-corrected chi connectivity index (χ1v) is 3.65. The van der Waals surface area contributed by atoms with Crippen LogP contribution in [0.4, 0.5) is 0 Å². The van der Waals surface area contributed by atoms with Crippen molar-refractivity contribution >= 4 is 0 Å². The van der Waals surface area contributed by atoms with E-state index in [1.807, 2.05) is 0 Å². The van der Waals surface area contributed by atoms with E-state index in [4.69, 9.17) is 15.2 Å². The van der Waals surface area contributed by atoms with Crippen LogP contribution in [-0.2, 0) is 9.47 Å². The predicted octanol–water partition coefficient (Wildman–Crippen LogP) is 0.387. The van der Waals surface area contributed by atoms with E-state index in [2.05, 4.69) is 6.92 Å². The number of nitrogens with two attached hydrogens (primary N) is 1. The van der Waals surface area contributed by atoms with Gasteiger partial charge < -0.3 is 15.2 Å². The first-order valence-electron chi connectivity index (χ1n) is 3.65. The maximum Gasteiger partial charge on any atom is 0.0802 e. The van der Waals surface area contributed by atoms with Crippen LogP contribution in [0.1, 0.15) is 13.3 Å². The van der Waals surface area contributed by atoms with Gasteiger partial charge in [-0.1, -0.05) is 6.92 Å². The highest BCUT2D eigenvalue weighted by atomic mass is 16.5. The molecule has 0 spiro atoms. The normalized spacial score (nSPS) is 13.5. The Bertz CT molecular complexity index is 64.6. The van der Waals surface area contributed by atoms with Crippen LogP contribution in [0, 0.1) is 0 Å². The van der Waals surface area contributed by atoms with Crippen molar-refractivity contribution in [3.05, 3.63) is 0 Å². The predicted molar refractivity (Wildman–Crippen MR) is 41.0 cm³/mol. The number of hydrogen-bond acceptors (Lipinski definition) is 3. The van der Waals surface area contributed by atoms with E-state index in [1.165, 1.54) is 0 Å². The third-order valence-electron chi connectivity index (χ3n) is 1.35. The van der Waals surface area contributed by atoms with Crippen molar-refractivity contribution in [2.75, 3.05) is 26.9 Å². The molecule has 62 valence electrons. The van der Waals surface area contributed by atoms with Crippen LogP contribution in [0.25, 0.3) is 0 Å². The molecule has 2 N–H and O–H groups in total. The number of ether oxygens (including phenoxy) is 2. The Hall–Kier alpha value is -0.120. The summed E-state index contributed by atoms with van der Waals surface area (Å²) in [6, 6.07) is 0. The minimum atomic E-state index is 0.228. The summed E-state index contributed by atoms with van der Waals surface area (Å²) in [6.45, 7) is 3.93. The van der Waals surface area contributed by atoms with Crippen LogP contribution in [0.2, 0.25) is 0 Å². The minimum absolute atomic E-state index is 0.228. The molecule has 0 amide bonds. The van der Waals surface area contributed by atoms with Gasteiger partial charge in [-0.25, -0.2) is 0 Å². The zero-order valence-corrected chi connectivity index (χ0v) is 6.80. The molecule has 0 bridgehead atoms. The van der Waals surface area contributed by atoms with Crippen LogP contribution >= 0.6 is 0 Å². The summed E-state index contributed by atoms with van der Waals surface area (Å²) in [5.74, 6) is 0. The largest absolute Gasteiger partial charge is 0.379 e. The lowest BCUT2D eigenvalue weighted by Gasteiger charge is -2.12. The average Bonchev–Trinajstić information content (AvgIpc) is 1.99. The molecule has 0 radical (unpaired) electrons. The van der Waals surface area contributed by atoms with Gasteiger partial charge in [0, 0.05) is 13.7 Å². The summed E-state index contributed by atoms with van der Waals surface area (Å²) in [6.07, 6.45) is 1.22. The number of methoxy groups -OCH3 is 1. The molecule has 3 heteroatoms. The molecule has 0 aromatic carbocycles. The van der Waals surface area contributed by atoms with E-state index in [0.717, 1.165) is 6.42 Å². The smallest absolute Gasteiger partial charge is 0.0802 e. The third-order valence-corrected chi connectivity index (χ3v) is 1.35. The first kappa shape index (κ1) is 9.88. The number of hydrogen-bond donors (Lipinski definition) is 1. The topological polar surface area (TPSA) is 44.5 Å². The molecule has 0 fully saturated rings. The van der Waals surface area contributed by atoms with E-state index in [0.29, 0.717) is 19.8 Å². The van der Waals surface area contributed by atoms with Gasteiger partial charge in [0.1, 0.15) is 0 Å². The average molecular weight is 147 g/mol. The molecule has 0 saturated carbocycles. The molecular weight excluding hydrogens is 130 g/mol. The molecule has 0 aliphatic heterocycles. The van der Waals surface area contributed by atoms with Gasteiger partial charge in [-0.15, -0.1) is 0 Å². The second kappa shape index (κ2) is 6.99. The zero-order valence-electron chi connectivity index (χ0n) is 6.80. The standard InChI is InChI=1S/C7H17NO2/c1-3-7(9-2)6-10-5-4-8/h7H,3-6,8H2,1-2H3. The van der Waals surface area contributed by atoms with Crippen molar-refractivity contribution in [1.29, 1.82) is 0 Å². The molecule has 1 unspecified atom stereocenters. The molecule has 0 saturated heterocycles. The SMILES string of the molecule is CCC(COCCN)OC.